The molecule has 34 nitrogen and oxygen atoms in total. The number of amides is 9. The van der Waals surface area contributed by atoms with Crippen LogP contribution in [0.4, 0.5) is 31.4 Å². The molecule has 8 rings (SSSR count). The Morgan fingerprint density at radius 3 is 1.33 bits per heavy atom. The molecule has 5 aliphatic heterocycles. The maximum absolute atomic E-state index is 12.4. The fourth-order valence-electron chi connectivity index (χ4n) is 10.0. The number of carbonyl (C=O) groups is 8. The summed E-state index contributed by atoms with van der Waals surface area (Å²) in [6.45, 7) is 32.7. The number of nitrogens with zero attached hydrogens (tertiary/aromatic N) is 6. The zero-order valence-corrected chi connectivity index (χ0v) is 70.0. The SMILES string of the molecule is CB(O)N1CCN(C(=O)CCl)[C@H](C)C1.CB(O)N1CCN(C(=O)COc2ccc(Cl)cc2NC(N)=O)[C@H](C)C1.CB(O)N1CCN[C@H](C)C1.CCOC(C)=O.C[B]OOCB=O.C[C@@H]1CNCCN1.C[C@@H]1CNCCN1C(=O)COc1ccc(Cl)cc1NC(N)=O.Cl.Cl.NC(=O)Nc1cc(Cl)ccc1O.O=C(Cl)CCl. The molecule has 17 N–H and O–H groups in total. The second-order valence-corrected chi connectivity index (χ2v) is 26.4. The molecule has 3 aromatic carbocycles. The van der Waals surface area contributed by atoms with Crippen molar-refractivity contribution in [1.29, 1.82) is 0 Å². The zero-order chi connectivity index (χ0) is 82.0. The van der Waals surface area contributed by atoms with Crippen LogP contribution < -0.4 is 63.9 Å². The van der Waals surface area contributed by atoms with Gasteiger partial charge in [-0.25, -0.2) is 14.4 Å². The third kappa shape index (κ3) is 49.8. The molecular weight excluding hydrogens is 1610 g/mol. The Kier molecular flexibility index (Phi) is 62.0. The van der Waals surface area contributed by atoms with Gasteiger partial charge >= 0.3 is 87.6 Å². The molecule has 0 bridgehead atoms. The van der Waals surface area contributed by atoms with E-state index in [-0.39, 0.29) is 117 Å². The fraction of sp³-hybridized carbons (Fsp3) is 0.587. The molecular formula is C63H108B5Cl8N16O18. The molecule has 5 fully saturated rings. The minimum Gasteiger partial charge on any atom is -0.506 e. The number of anilines is 3. The van der Waals surface area contributed by atoms with Gasteiger partial charge < -0.3 is 118 Å². The molecule has 5 saturated heterocycles. The molecule has 619 valence electrons. The largest absolute Gasteiger partial charge is 0.506 e. The predicted molar refractivity (Wildman–Crippen MR) is 441 cm³/mol. The molecule has 5 aliphatic rings. The number of piperazine rings is 5. The van der Waals surface area contributed by atoms with Gasteiger partial charge in [-0.3, -0.25) is 24.0 Å². The number of benzene rings is 3. The van der Waals surface area contributed by atoms with Crippen molar-refractivity contribution in [1.82, 2.24) is 50.4 Å². The van der Waals surface area contributed by atoms with Crippen LogP contribution in [-0.4, -0.2) is 299 Å². The number of alkyl halides is 2. The first-order chi connectivity index (χ1) is 50.9. The van der Waals surface area contributed by atoms with Gasteiger partial charge in [0.2, 0.25) is 11.1 Å². The van der Waals surface area contributed by atoms with Gasteiger partial charge in [-0.2, -0.15) is 0 Å². The second-order valence-electron chi connectivity index (χ2n) is 24.1. The smallest absolute Gasteiger partial charge is 0.316 e. The number of phenols is 1. The van der Waals surface area contributed by atoms with E-state index >= 15 is 0 Å². The number of hydrogen-bond acceptors (Lipinski definition) is 25. The first-order valence-corrected chi connectivity index (χ1v) is 37.0. The minimum absolute atomic E-state index is 0. The number of carbonyl (C=O) groups excluding carboxylic acids is 8. The van der Waals surface area contributed by atoms with Gasteiger partial charge in [-0.1, -0.05) is 34.8 Å². The van der Waals surface area contributed by atoms with Gasteiger partial charge in [0.15, 0.2) is 13.2 Å². The number of nitrogens with two attached hydrogens (primary N) is 3. The molecule has 5 atom stereocenters. The van der Waals surface area contributed by atoms with Crippen molar-refractivity contribution in [3.8, 4) is 17.2 Å². The van der Waals surface area contributed by atoms with Crippen LogP contribution in [0.3, 0.4) is 0 Å². The first-order valence-electron chi connectivity index (χ1n) is 34.4. The summed E-state index contributed by atoms with van der Waals surface area (Å²) < 4.78 is 24.9. The summed E-state index contributed by atoms with van der Waals surface area (Å²) >= 11 is 32.4. The van der Waals surface area contributed by atoms with Crippen LogP contribution in [0.15, 0.2) is 54.6 Å². The van der Waals surface area contributed by atoms with Crippen LogP contribution in [-0.2, 0) is 43.1 Å². The summed E-state index contributed by atoms with van der Waals surface area (Å²) in [5, 5.41) is 58.3. The normalized spacial score (nSPS) is 17.6. The van der Waals surface area contributed by atoms with E-state index in [0.717, 1.165) is 52.4 Å². The van der Waals surface area contributed by atoms with Crippen LogP contribution in [0, 0.1) is 0 Å². The van der Waals surface area contributed by atoms with E-state index in [4.69, 9.17) is 101 Å². The van der Waals surface area contributed by atoms with E-state index < -0.39 is 37.4 Å². The van der Waals surface area contributed by atoms with Crippen molar-refractivity contribution in [3.63, 3.8) is 0 Å². The molecule has 5 heterocycles. The Labute approximate surface area is 689 Å². The molecule has 0 unspecified atom stereocenters. The van der Waals surface area contributed by atoms with Crippen molar-refractivity contribution in [3.05, 3.63) is 69.7 Å². The van der Waals surface area contributed by atoms with E-state index in [0.29, 0.717) is 110 Å². The fourth-order valence-corrected chi connectivity index (χ4v) is 10.7. The molecule has 0 aliphatic carbocycles. The van der Waals surface area contributed by atoms with Crippen LogP contribution in [0.5, 0.6) is 17.2 Å². The summed E-state index contributed by atoms with van der Waals surface area (Å²) in [5.41, 5.74) is 15.9. The van der Waals surface area contributed by atoms with Crippen molar-refractivity contribution < 1.29 is 87.1 Å². The third-order valence-electron chi connectivity index (χ3n) is 15.2. The average Bonchev–Trinajstić information content (AvgIpc) is 0.843. The number of nitrogens with one attached hydrogen (secondary N) is 7. The number of phenolic OH excluding ortho intramolecular Hbond substituents is 1. The number of hydrogen-bond donors (Lipinski definition) is 14. The van der Waals surface area contributed by atoms with Gasteiger partial charge in [0, 0.05) is 150 Å². The third-order valence-corrected chi connectivity index (χ3v) is 16.6. The van der Waals surface area contributed by atoms with Crippen molar-refractivity contribution in [2.75, 3.05) is 152 Å². The predicted octanol–water partition coefficient (Wildman–Crippen LogP) is 4.26. The zero-order valence-electron chi connectivity index (χ0n) is 63.8. The Morgan fingerprint density at radius 1 is 0.573 bits per heavy atom. The Hall–Kier alpha value is -5.62. The van der Waals surface area contributed by atoms with Gasteiger partial charge in [-0.15, -0.1) is 48.0 Å². The monoisotopic (exact) mass is 1710 g/mol. The summed E-state index contributed by atoms with van der Waals surface area (Å²) in [4.78, 5) is 107. The topological polar surface area (TPSA) is 462 Å². The molecule has 0 spiro atoms. The Balaban J connectivity index is -0.00000123. The molecule has 47 heteroatoms. The van der Waals surface area contributed by atoms with Crippen LogP contribution in [0.2, 0.25) is 42.4 Å². The number of primary amides is 3. The first kappa shape index (κ1) is 109. The van der Waals surface area contributed by atoms with Crippen LogP contribution in [0.25, 0.3) is 0 Å². The van der Waals surface area contributed by atoms with E-state index in [2.05, 4.69) is 70.3 Å². The number of halogens is 8. The number of ether oxygens (including phenoxy) is 3. The molecule has 3 aromatic rings. The van der Waals surface area contributed by atoms with E-state index in [9.17, 15) is 58.1 Å². The van der Waals surface area contributed by atoms with Gasteiger partial charge in [0.05, 0.1) is 29.5 Å². The number of urea groups is 3. The van der Waals surface area contributed by atoms with Crippen molar-refractivity contribution >= 4 is 194 Å². The van der Waals surface area contributed by atoms with Gasteiger partial charge in [0.1, 0.15) is 23.1 Å². The summed E-state index contributed by atoms with van der Waals surface area (Å²) in [5.74, 6) is 0.0265. The Bertz CT molecular complexity index is 3180. The average molecular weight is 1720 g/mol. The van der Waals surface area contributed by atoms with Crippen molar-refractivity contribution in [2.45, 2.75) is 106 Å². The second kappa shape index (κ2) is 62.8. The maximum atomic E-state index is 12.4. The van der Waals surface area contributed by atoms with Gasteiger partial charge in [-0.05, 0) is 128 Å². The summed E-state index contributed by atoms with van der Waals surface area (Å²) in [6.07, 6.45) is 0. The van der Waals surface area contributed by atoms with Crippen molar-refractivity contribution in [2.24, 2.45) is 17.2 Å². The maximum Gasteiger partial charge on any atom is 0.316 e. The molecule has 110 heavy (non-hydrogen) atoms. The number of aromatic hydroxyl groups is 1. The van der Waals surface area contributed by atoms with E-state index in [1.165, 1.54) is 44.7 Å². The summed E-state index contributed by atoms with van der Waals surface area (Å²) in [6, 6.07) is 12.8. The van der Waals surface area contributed by atoms with E-state index in [1.54, 1.807) is 66.4 Å². The quantitative estimate of drug-likeness (QED) is 0.0116. The van der Waals surface area contributed by atoms with E-state index in [1.807, 2.05) is 37.2 Å². The van der Waals surface area contributed by atoms with Crippen LogP contribution in [0.1, 0.15) is 48.5 Å². The summed E-state index contributed by atoms with van der Waals surface area (Å²) in [7, 11) is 0.704. The molecule has 0 aromatic heterocycles. The number of rotatable bonds is 19. The molecule has 9 amide bonds. The number of esters is 1. The van der Waals surface area contributed by atoms with Gasteiger partial charge in [0.25, 0.3) is 11.8 Å². The Morgan fingerprint density at radius 2 is 0.991 bits per heavy atom. The standard InChI is InChI=1S/C15H22BClN4O4.C14H19ClN4O3.C8H16BClN2O2.C7H7ClN2O2.C6H15BN2O.C5H12N2.C4H8O2.C2H5B2O3.C2H2Cl2O.2ClH/c1-10-8-20(16(2)24)5-6-21(10)14(22)9-25-13-4-3-11(17)7-12(13)19-15(18)23;1-9-7-17-4-5-19(9)13(20)8-22-12-3-2-10(15)6-11(12)18-14(16)21;1-7-6-11(9(2)14)3-4-12(7)8(13)5-10;8-4-1-2-6(11)5(3-4)10-7(9)12;1-6-5-9(7(2)10)4-3-8-6;1-5-4-6-2-3-7-5;1-3-6-4(2)5;1-3-7-6-2-4-5;3-1-2(4)5;;/h3-4,7,10,24H,5-6,8-9H2,1-2H3,(H3,18,19,23);2-3,6,9,17H,4-5,7-8H2,1H3,(H3,16,18,21);7,14H,3-6H2,1-2H3;1-3,11H,(H3,9,10,12);6,8,10H,3-5H2,1-2H3;5-7H,2-4H2,1H3;3H2,1-2H3;2H2,1H3;1H2;2*1H/t10-;9-;7-;;6-;5-;;;;;/m111.11...../s1. The minimum atomic E-state index is -0.749. The molecule has 0 saturated carbocycles. The molecule has 1 radical (unpaired) electrons. The van der Waals surface area contributed by atoms with Crippen LogP contribution >= 0.6 is 94.4 Å².